The first-order valence-corrected chi connectivity index (χ1v) is 8.90. The largest absolute Gasteiger partial charge is 0.507 e. The standard InChI is InChI=1S/C22H24N2O2/c1-4-24(5-2)22(26)19-10-8-12-21(25)18(19)14-13-17-15-16-9-6-7-11-20(16)23(17)3/h6-15,25H,4-5H2,1-3H3. The van der Waals surface area contributed by atoms with E-state index in [-0.39, 0.29) is 11.7 Å². The average Bonchev–Trinajstić information content (AvgIpc) is 2.97. The van der Waals surface area contributed by atoms with Gasteiger partial charge in [0.15, 0.2) is 0 Å². The molecule has 3 rings (SSSR count). The van der Waals surface area contributed by atoms with Crippen LogP contribution in [0.5, 0.6) is 5.75 Å². The first-order chi connectivity index (χ1) is 12.6. The van der Waals surface area contributed by atoms with Crippen molar-refractivity contribution in [3.05, 3.63) is 65.4 Å². The lowest BCUT2D eigenvalue weighted by atomic mass is 10.0. The number of carbonyl (C=O) groups excluding carboxylic acids is 1. The van der Waals surface area contributed by atoms with Crippen molar-refractivity contribution < 1.29 is 9.90 Å². The number of aromatic nitrogens is 1. The van der Waals surface area contributed by atoms with Crippen molar-refractivity contribution in [2.75, 3.05) is 13.1 Å². The van der Waals surface area contributed by atoms with Crippen molar-refractivity contribution in [3.8, 4) is 5.75 Å². The van der Waals surface area contributed by atoms with Crippen LogP contribution in [0.25, 0.3) is 23.1 Å². The van der Waals surface area contributed by atoms with Crippen LogP contribution >= 0.6 is 0 Å². The summed E-state index contributed by atoms with van der Waals surface area (Å²) in [5, 5.41) is 11.5. The van der Waals surface area contributed by atoms with Crippen LogP contribution in [0.4, 0.5) is 0 Å². The van der Waals surface area contributed by atoms with Gasteiger partial charge < -0.3 is 14.6 Å². The Morgan fingerprint density at radius 3 is 2.50 bits per heavy atom. The van der Waals surface area contributed by atoms with Gasteiger partial charge in [-0.3, -0.25) is 4.79 Å². The van der Waals surface area contributed by atoms with E-state index in [1.165, 1.54) is 0 Å². The molecule has 0 aliphatic rings. The van der Waals surface area contributed by atoms with Crippen LogP contribution < -0.4 is 0 Å². The van der Waals surface area contributed by atoms with Crippen LogP contribution in [-0.2, 0) is 7.05 Å². The van der Waals surface area contributed by atoms with Gasteiger partial charge >= 0.3 is 0 Å². The fourth-order valence-electron chi connectivity index (χ4n) is 3.23. The molecule has 0 spiro atoms. The Labute approximate surface area is 154 Å². The van der Waals surface area contributed by atoms with Crippen LogP contribution in [0.1, 0.15) is 35.5 Å². The number of amides is 1. The summed E-state index contributed by atoms with van der Waals surface area (Å²) < 4.78 is 2.09. The van der Waals surface area contributed by atoms with Gasteiger partial charge in [-0.2, -0.15) is 0 Å². The molecule has 0 radical (unpaired) electrons. The monoisotopic (exact) mass is 348 g/mol. The molecule has 0 fully saturated rings. The van der Waals surface area contributed by atoms with E-state index in [9.17, 15) is 9.90 Å². The van der Waals surface area contributed by atoms with Gasteiger partial charge in [-0.15, -0.1) is 0 Å². The van der Waals surface area contributed by atoms with Gasteiger partial charge in [0.05, 0.1) is 5.56 Å². The van der Waals surface area contributed by atoms with Crippen molar-refractivity contribution in [2.45, 2.75) is 13.8 Å². The number of para-hydroxylation sites is 1. The molecule has 1 aromatic heterocycles. The van der Waals surface area contributed by atoms with E-state index in [4.69, 9.17) is 0 Å². The minimum atomic E-state index is -0.0670. The average molecular weight is 348 g/mol. The fourth-order valence-corrected chi connectivity index (χ4v) is 3.23. The van der Waals surface area contributed by atoms with E-state index in [0.29, 0.717) is 24.2 Å². The zero-order valence-corrected chi connectivity index (χ0v) is 15.4. The summed E-state index contributed by atoms with van der Waals surface area (Å²) in [6.45, 7) is 5.18. The van der Waals surface area contributed by atoms with Gasteiger partial charge in [-0.25, -0.2) is 0 Å². The van der Waals surface area contributed by atoms with E-state index in [0.717, 1.165) is 16.6 Å². The van der Waals surface area contributed by atoms with Gasteiger partial charge in [0.1, 0.15) is 5.75 Å². The second-order valence-electron chi connectivity index (χ2n) is 6.24. The van der Waals surface area contributed by atoms with E-state index in [1.807, 2.05) is 45.2 Å². The molecular weight excluding hydrogens is 324 g/mol. The van der Waals surface area contributed by atoms with Crippen molar-refractivity contribution >= 4 is 29.0 Å². The third-order valence-electron chi connectivity index (χ3n) is 4.77. The number of rotatable bonds is 5. The molecule has 0 aliphatic carbocycles. The van der Waals surface area contributed by atoms with Crippen LogP contribution in [-0.4, -0.2) is 33.6 Å². The maximum Gasteiger partial charge on any atom is 0.254 e. The highest BCUT2D eigenvalue weighted by molar-refractivity contribution is 6.00. The summed E-state index contributed by atoms with van der Waals surface area (Å²) in [6, 6.07) is 15.4. The van der Waals surface area contributed by atoms with Crippen LogP contribution in [0.3, 0.4) is 0 Å². The Morgan fingerprint density at radius 1 is 1.08 bits per heavy atom. The number of hydrogen-bond donors (Lipinski definition) is 1. The third kappa shape index (κ3) is 3.23. The lowest BCUT2D eigenvalue weighted by molar-refractivity contribution is 0.0772. The highest BCUT2D eigenvalue weighted by Crippen LogP contribution is 2.26. The molecule has 0 bridgehead atoms. The first kappa shape index (κ1) is 17.8. The quantitative estimate of drug-likeness (QED) is 0.736. The molecule has 4 heteroatoms. The lowest BCUT2D eigenvalue weighted by Crippen LogP contribution is -2.30. The summed E-state index contributed by atoms with van der Waals surface area (Å²) in [6.07, 6.45) is 3.76. The van der Waals surface area contributed by atoms with Gasteiger partial charge in [-0.1, -0.05) is 24.3 Å². The Bertz CT molecular complexity index is 965. The molecule has 1 N–H and O–H groups in total. The van der Waals surface area contributed by atoms with Gasteiger partial charge in [0, 0.05) is 42.3 Å². The number of benzene rings is 2. The zero-order chi connectivity index (χ0) is 18.7. The van der Waals surface area contributed by atoms with Crippen molar-refractivity contribution in [1.82, 2.24) is 9.47 Å². The maximum absolute atomic E-state index is 12.8. The smallest absolute Gasteiger partial charge is 0.254 e. The molecule has 3 aromatic rings. The van der Waals surface area contributed by atoms with Crippen LogP contribution in [0.15, 0.2) is 48.5 Å². The van der Waals surface area contributed by atoms with E-state index in [1.54, 1.807) is 23.1 Å². The maximum atomic E-state index is 12.8. The highest BCUT2D eigenvalue weighted by Gasteiger charge is 2.17. The van der Waals surface area contributed by atoms with Crippen LogP contribution in [0, 0.1) is 0 Å². The van der Waals surface area contributed by atoms with Crippen molar-refractivity contribution in [2.24, 2.45) is 7.05 Å². The van der Waals surface area contributed by atoms with Gasteiger partial charge in [0.25, 0.3) is 5.91 Å². The highest BCUT2D eigenvalue weighted by atomic mass is 16.3. The molecule has 0 unspecified atom stereocenters. The molecule has 26 heavy (non-hydrogen) atoms. The second kappa shape index (κ2) is 7.48. The molecule has 134 valence electrons. The second-order valence-corrected chi connectivity index (χ2v) is 6.24. The predicted octanol–water partition coefficient (Wildman–Crippen LogP) is 4.54. The number of hydrogen-bond acceptors (Lipinski definition) is 2. The number of carbonyl (C=O) groups is 1. The molecule has 0 aliphatic heterocycles. The topological polar surface area (TPSA) is 45.5 Å². The molecular formula is C22H24N2O2. The summed E-state index contributed by atoms with van der Waals surface area (Å²) >= 11 is 0. The summed E-state index contributed by atoms with van der Waals surface area (Å²) in [7, 11) is 2.01. The summed E-state index contributed by atoms with van der Waals surface area (Å²) in [5.74, 6) is 0.0422. The third-order valence-corrected chi connectivity index (χ3v) is 4.77. The van der Waals surface area contributed by atoms with Crippen molar-refractivity contribution in [3.63, 3.8) is 0 Å². The Morgan fingerprint density at radius 2 is 1.81 bits per heavy atom. The SMILES string of the molecule is CCN(CC)C(=O)c1cccc(O)c1C=Cc1cc2ccccc2n1C. The van der Waals surface area contributed by atoms with E-state index in [2.05, 4.69) is 22.8 Å². The fraction of sp³-hybridized carbons (Fsp3) is 0.227. The Hall–Kier alpha value is -3.01. The van der Waals surface area contributed by atoms with Gasteiger partial charge in [-0.05, 0) is 50.3 Å². The summed E-state index contributed by atoms with van der Waals surface area (Å²) in [5.41, 5.74) is 3.22. The predicted molar refractivity (Wildman–Crippen MR) is 107 cm³/mol. The zero-order valence-electron chi connectivity index (χ0n) is 15.4. The number of fused-ring (bicyclic) bond motifs is 1. The summed E-state index contributed by atoms with van der Waals surface area (Å²) in [4.78, 5) is 14.5. The van der Waals surface area contributed by atoms with E-state index < -0.39 is 0 Å². The normalized spacial score (nSPS) is 11.3. The van der Waals surface area contributed by atoms with E-state index >= 15 is 0 Å². The molecule has 1 heterocycles. The number of nitrogens with zero attached hydrogens (tertiary/aromatic N) is 2. The number of phenolic OH excluding ortho intramolecular Hbond substituents is 1. The number of aryl methyl sites for hydroxylation is 1. The lowest BCUT2D eigenvalue weighted by Gasteiger charge is -2.20. The number of phenols is 1. The first-order valence-electron chi connectivity index (χ1n) is 8.90. The minimum absolute atomic E-state index is 0.0670. The molecule has 2 aromatic carbocycles. The van der Waals surface area contributed by atoms with Gasteiger partial charge in [0.2, 0.25) is 0 Å². The molecule has 0 saturated carbocycles. The molecule has 1 amide bonds. The molecule has 0 saturated heterocycles. The number of aromatic hydroxyl groups is 1. The van der Waals surface area contributed by atoms with Crippen molar-refractivity contribution in [1.29, 1.82) is 0 Å². The Balaban J connectivity index is 2.02. The van der Waals surface area contributed by atoms with Crippen LogP contribution in [0.2, 0.25) is 0 Å². The molecule has 4 nitrogen and oxygen atoms in total. The molecule has 0 atom stereocenters. The Kier molecular flexibility index (Phi) is 5.12. The minimum Gasteiger partial charge on any atom is -0.507 e.